The van der Waals surface area contributed by atoms with Gasteiger partial charge in [-0.25, -0.2) is 0 Å². The lowest BCUT2D eigenvalue weighted by atomic mass is 10.1. The fourth-order valence-electron chi connectivity index (χ4n) is 3.45. The first kappa shape index (κ1) is 16.7. The molecule has 0 unspecified atom stereocenters. The van der Waals surface area contributed by atoms with Gasteiger partial charge in [-0.1, -0.05) is 17.8 Å². The highest BCUT2D eigenvalue weighted by Crippen LogP contribution is 2.33. The SMILES string of the molecule is Cc1cc(C2=NNC(=NC3CC3)SC2)c(C)n1Cc1ccc2c(c1)OCO2. The second-order valence-electron chi connectivity index (χ2n) is 7.18. The molecule has 0 saturated heterocycles. The molecule has 1 aromatic carbocycles. The highest BCUT2D eigenvalue weighted by Gasteiger charge is 2.24. The quantitative estimate of drug-likeness (QED) is 0.880. The summed E-state index contributed by atoms with van der Waals surface area (Å²) in [5.41, 5.74) is 9.08. The molecule has 7 heteroatoms. The Morgan fingerprint density at radius 1 is 1.22 bits per heavy atom. The lowest BCUT2D eigenvalue weighted by Gasteiger charge is -2.15. The van der Waals surface area contributed by atoms with Gasteiger partial charge in [0.1, 0.15) is 0 Å². The zero-order chi connectivity index (χ0) is 18.4. The highest BCUT2D eigenvalue weighted by molar-refractivity contribution is 8.14. The van der Waals surface area contributed by atoms with Gasteiger partial charge in [-0.15, -0.1) is 0 Å². The Bertz CT molecular complexity index is 959. The van der Waals surface area contributed by atoms with E-state index in [4.69, 9.17) is 9.47 Å². The van der Waals surface area contributed by atoms with Gasteiger partial charge in [-0.05, 0) is 50.5 Å². The van der Waals surface area contributed by atoms with Crippen molar-refractivity contribution < 1.29 is 9.47 Å². The molecule has 0 radical (unpaired) electrons. The van der Waals surface area contributed by atoms with Gasteiger partial charge >= 0.3 is 0 Å². The molecule has 5 rings (SSSR count). The van der Waals surface area contributed by atoms with E-state index in [0.29, 0.717) is 12.8 Å². The van der Waals surface area contributed by atoms with Crippen molar-refractivity contribution in [3.63, 3.8) is 0 Å². The molecule has 0 spiro atoms. The van der Waals surface area contributed by atoms with Crippen LogP contribution in [0.3, 0.4) is 0 Å². The van der Waals surface area contributed by atoms with Crippen LogP contribution in [-0.4, -0.2) is 34.0 Å². The maximum absolute atomic E-state index is 5.51. The normalized spacial score (nSPS) is 19.9. The molecule has 2 aliphatic heterocycles. The summed E-state index contributed by atoms with van der Waals surface area (Å²) >= 11 is 1.74. The van der Waals surface area contributed by atoms with E-state index in [-0.39, 0.29) is 0 Å². The predicted octanol–water partition coefficient (Wildman–Crippen LogP) is 3.44. The summed E-state index contributed by atoms with van der Waals surface area (Å²) < 4.78 is 13.2. The Hall–Kier alpha value is -2.41. The first-order valence-corrected chi connectivity index (χ1v) is 10.2. The van der Waals surface area contributed by atoms with Crippen molar-refractivity contribution in [3.05, 3.63) is 46.8 Å². The summed E-state index contributed by atoms with van der Waals surface area (Å²) in [6.45, 7) is 5.42. The van der Waals surface area contributed by atoms with Gasteiger partial charge < -0.3 is 14.0 Å². The number of fused-ring (bicyclic) bond motifs is 1. The van der Waals surface area contributed by atoms with Crippen molar-refractivity contribution in [2.24, 2.45) is 10.1 Å². The number of rotatable bonds is 4. The third-order valence-corrected chi connectivity index (χ3v) is 6.03. The summed E-state index contributed by atoms with van der Waals surface area (Å²) in [7, 11) is 0. The smallest absolute Gasteiger partial charge is 0.231 e. The largest absolute Gasteiger partial charge is 0.454 e. The van der Waals surface area contributed by atoms with E-state index < -0.39 is 0 Å². The second kappa shape index (κ2) is 6.64. The van der Waals surface area contributed by atoms with Crippen LogP contribution in [0.25, 0.3) is 0 Å². The molecule has 1 saturated carbocycles. The average molecular weight is 382 g/mol. The molecule has 0 bridgehead atoms. The fourth-order valence-corrected chi connectivity index (χ4v) is 4.28. The summed E-state index contributed by atoms with van der Waals surface area (Å²) in [5.74, 6) is 2.51. The van der Waals surface area contributed by atoms with Gasteiger partial charge in [0.25, 0.3) is 0 Å². The van der Waals surface area contributed by atoms with Crippen molar-refractivity contribution in [3.8, 4) is 11.5 Å². The lowest BCUT2D eigenvalue weighted by Crippen LogP contribution is -2.26. The molecule has 6 nitrogen and oxygen atoms in total. The third kappa shape index (κ3) is 3.32. The number of aliphatic imine (C=N–C) groups is 1. The molecule has 1 fully saturated rings. The molecule has 27 heavy (non-hydrogen) atoms. The number of hydrogen-bond acceptors (Lipinski definition) is 5. The van der Waals surface area contributed by atoms with Crippen LogP contribution in [0.15, 0.2) is 34.4 Å². The number of nitrogens with zero attached hydrogens (tertiary/aromatic N) is 3. The number of amidine groups is 1. The van der Waals surface area contributed by atoms with E-state index in [9.17, 15) is 0 Å². The van der Waals surface area contributed by atoms with Crippen molar-refractivity contribution in [1.29, 1.82) is 0 Å². The standard InChI is InChI=1S/C20H22N4O2S/c1-12-7-16(17-10-27-20(23-22-17)21-15-4-5-15)13(2)24(12)9-14-3-6-18-19(8-14)26-11-25-18/h3,6-8,15H,4-5,9-11H2,1-2H3,(H,21,23). The van der Waals surface area contributed by atoms with Crippen molar-refractivity contribution in [2.45, 2.75) is 39.3 Å². The van der Waals surface area contributed by atoms with Crippen LogP contribution >= 0.6 is 11.8 Å². The van der Waals surface area contributed by atoms with Gasteiger partial charge in [-0.2, -0.15) is 5.10 Å². The fraction of sp³-hybridized carbons (Fsp3) is 0.400. The molecule has 0 atom stereocenters. The molecule has 3 heterocycles. The Morgan fingerprint density at radius 3 is 2.85 bits per heavy atom. The minimum Gasteiger partial charge on any atom is -0.454 e. The monoisotopic (exact) mass is 382 g/mol. The van der Waals surface area contributed by atoms with Crippen LogP contribution in [0.4, 0.5) is 0 Å². The van der Waals surface area contributed by atoms with Gasteiger partial charge in [0.2, 0.25) is 6.79 Å². The Balaban J connectivity index is 1.38. The van der Waals surface area contributed by atoms with Crippen molar-refractivity contribution in [2.75, 3.05) is 12.5 Å². The van der Waals surface area contributed by atoms with Gasteiger partial charge in [0, 0.05) is 29.2 Å². The van der Waals surface area contributed by atoms with E-state index in [0.717, 1.165) is 34.7 Å². The zero-order valence-electron chi connectivity index (χ0n) is 15.5. The molecule has 0 amide bonds. The maximum atomic E-state index is 5.51. The number of nitrogens with one attached hydrogen (secondary N) is 1. The molecule has 1 N–H and O–H groups in total. The number of benzene rings is 1. The van der Waals surface area contributed by atoms with E-state index >= 15 is 0 Å². The predicted molar refractivity (Wildman–Crippen MR) is 108 cm³/mol. The molecule has 1 aromatic heterocycles. The first-order valence-electron chi connectivity index (χ1n) is 9.26. The Labute approximate surface area is 162 Å². The van der Waals surface area contributed by atoms with E-state index in [1.165, 1.54) is 35.4 Å². The number of hydrazone groups is 1. The Morgan fingerprint density at radius 2 is 2.07 bits per heavy atom. The summed E-state index contributed by atoms with van der Waals surface area (Å²) in [6.07, 6.45) is 2.42. The van der Waals surface area contributed by atoms with Gasteiger partial charge in [-0.3, -0.25) is 10.4 Å². The van der Waals surface area contributed by atoms with E-state index in [1.54, 1.807) is 11.8 Å². The number of hydrogen-bond donors (Lipinski definition) is 1. The summed E-state index contributed by atoms with van der Waals surface area (Å²) in [4.78, 5) is 4.64. The molecule has 3 aliphatic rings. The van der Waals surface area contributed by atoms with E-state index in [2.05, 4.69) is 52.1 Å². The molecule has 140 valence electrons. The minimum absolute atomic E-state index is 0.307. The lowest BCUT2D eigenvalue weighted by molar-refractivity contribution is 0.174. The van der Waals surface area contributed by atoms with Gasteiger partial charge in [0.15, 0.2) is 16.7 Å². The van der Waals surface area contributed by atoms with Crippen LogP contribution in [0.1, 0.15) is 35.4 Å². The summed E-state index contributed by atoms with van der Waals surface area (Å²) in [5, 5.41) is 5.55. The summed E-state index contributed by atoms with van der Waals surface area (Å²) in [6, 6.07) is 8.90. The van der Waals surface area contributed by atoms with Crippen molar-refractivity contribution >= 4 is 22.6 Å². The van der Waals surface area contributed by atoms with Crippen LogP contribution < -0.4 is 14.9 Å². The first-order chi connectivity index (χ1) is 13.2. The number of ether oxygens (including phenoxy) is 2. The highest BCUT2D eigenvalue weighted by atomic mass is 32.2. The second-order valence-corrected chi connectivity index (χ2v) is 8.15. The van der Waals surface area contributed by atoms with Crippen LogP contribution in [0, 0.1) is 13.8 Å². The molecular weight excluding hydrogens is 360 g/mol. The number of aryl methyl sites for hydroxylation is 1. The van der Waals surface area contributed by atoms with Gasteiger partial charge in [0.05, 0.1) is 11.8 Å². The van der Waals surface area contributed by atoms with Crippen LogP contribution in [0.5, 0.6) is 11.5 Å². The number of aromatic nitrogens is 1. The number of thioether (sulfide) groups is 1. The average Bonchev–Trinajstić information content (AvgIpc) is 3.29. The third-order valence-electron chi connectivity index (χ3n) is 5.14. The molecular formula is C20H22N4O2S. The molecule has 1 aliphatic carbocycles. The molecule has 2 aromatic rings. The van der Waals surface area contributed by atoms with Crippen molar-refractivity contribution in [1.82, 2.24) is 9.99 Å². The maximum Gasteiger partial charge on any atom is 0.231 e. The van der Waals surface area contributed by atoms with Crippen LogP contribution in [-0.2, 0) is 6.54 Å². The Kier molecular flexibility index (Phi) is 4.11. The topological polar surface area (TPSA) is 60.1 Å². The van der Waals surface area contributed by atoms with E-state index in [1.807, 2.05) is 6.07 Å². The minimum atomic E-state index is 0.307. The zero-order valence-corrected chi connectivity index (χ0v) is 16.3. The van der Waals surface area contributed by atoms with Crippen LogP contribution in [0.2, 0.25) is 0 Å².